The van der Waals surface area contributed by atoms with E-state index in [0.29, 0.717) is 35.8 Å². The number of benzene rings is 1. The second-order valence-electron chi connectivity index (χ2n) is 6.07. The summed E-state index contributed by atoms with van der Waals surface area (Å²) in [5, 5.41) is 9.67. The highest BCUT2D eigenvalue weighted by Crippen LogP contribution is 2.33. The third-order valence-electron chi connectivity index (χ3n) is 4.30. The van der Waals surface area contributed by atoms with Gasteiger partial charge in [0.1, 0.15) is 11.8 Å². The van der Waals surface area contributed by atoms with Crippen molar-refractivity contribution in [3.05, 3.63) is 46.8 Å². The molecule has 1 heterocycles. The van der Waals surface area contributed by atoms with Crippen LogP contribution in [0.25, 0.3) is 11.1 Å². The largest absolute Gasteiger partial charge is 0.461 e. The van der Waals surface area contributed by atoms with E-state index < -0.39 is 0 Å². The second-order valence-corrected chi connectivity index (χ2v) is 6.07. The SMILES string of the molecule is CCOC(=O)c1c(-c2ccc(C(C)C)cc2)c(C#N)c(CC)n1C. The Balaban J connectivity index is 2.71. The number of hydrogen-bond acceptors (Lipinski definition) is 3. The third kappa shape index (κ3) is 3.07. The highest BCUT2D eigenvalue weighted by molar-refractivity contribution is 5.98. The van der Waals surface area contributed by atoms with Crippen molar-refractivity contribution < 1.29 is 9.53 Å². The number of nitriles is 1. The van der Waals surface area contributed by atoms with Crippen molar-refractivity contribution in [2.45, 2.75) is 40.0 Å². The van der Waals surface area contributed by atoms with Crippen LogP contribution in [-0.4, -0.2) is 17.1 Å². The topological polar surface area (TPSA) is 55.0 Å². The van der Waals surface area contributed by atoms with E-state index in [4.69, 9.17) is 4.74 Å². The van der Waals surface area contributed by atoms with Crippen LogP contribution in [-0.2, 0) is 18.2 Å². The van der Waals surface area contributed by atoms with Crippen LogP contribution in [0.5, 0.6) is 0 Å². The van der Waals surface area contributed by atoms with Gasteiger partial charge in [-0.25, -0.2) is 4.79 Å². The Morgan fingerprint density at radius 1 is 1.25 bits per heavy atom. The number of esters is 1. The van der Waals surface area contributed by atoms with Gasteiger partial charge in [0.2, 0.25) is 0 Å². The van der Waals surface area contributed by atoms with Crippen LogP contribution >= 0.6 is 0 Å². The molecule has 1 aromatic carbocycles. The van der Waals surface area contributed by atoms with Crippen molar-refractivity contribution in [1.82, 2.24) is 4.57 Å². The maximum absolute atomic E-state index is 12.5. The highest BCUT2D eigenvalue weighted by atomic mass is 16.5. The number of hydrogen-bond donors (Lipinski definition) is 0. The first kappa shape index (κ1) is 17.8. The van der Waals surface area contributed by atoms with E-state index in [0.717, 1.165) is 11.3 Å². The first-order chi connectivity index (χ1) is 11.5. The van der Waals surface area contributed by atoms with E-state index in [1.165, 1.54) is 5.56 Å². The lowest BCUT2D eigenvalue weighted by molar-refractivity contribution is 0.0516. The standard InChI is InChI=1S/C20H24N2O2/c1-6-17-16(12-21)18(19(22(17)5)20(23)24-7-2)15-10-8-14(9-11-15)13(3)4/h8-11,13H,6-7H2,1-5H3. The van der Waals surface area contributed by atoms with Crippen molar-refractivity contribution in [2.24, 2.45) is 7.05 Å². The first-order valence-corrected chi connectivity index (χ1v) is 8.35. The monoisotopic (exact) mass is 324 g/mol. The van der Waals surface area contributed by atoms with Gasteiger partial charge in [0.05, 0.1) is 12.2 Å². The van der Waals surface area contributed by atoms with Gasteiger partial charge in [-0.2, -0.15) is 5.26 Å². The fourth-order valence-electron chi connectivity index (χ4n) is 3.02. The zero-order chi connectivity index (χ0) is 17.9. The van der Waals surface area contributed by atoms with E-state index >= 15 is 0 Å². The van der Waals surface area contributed by atoms with Gasteiger partial charge in [0.25, 0.3) is 0 Å². The van der Waals surface area contributed by atoms with Gasteiger partial charge in [-0.05, 0) is 30.4 Å². The Morgan fingerprint density at radius 2 is 1.88 bits per heavy atom. The fourth-order valence-corrected chi connectivity index (χ4v) is 3.02. The lowest BCUT2D eigenvalue weighted by Crippen LogP contribution is -2.12. The summed E-state index contributed by atoms with van der Waals surface area (Å²) in [6, 6.07) is 10.3. The molecular formula is C20H24N2O2. The maximum Gasteiger partial charge on any atom is 0.355 e. The Kier molecular flexibility index (Phi) is 5.46. The molecule has 0 amide bonds. The number of aromatic nitrogens is 1. The molecule has 0 spiro atoms. The van der Waals surface area contributed by atoms with Crippen molar-refractivity contribution in [1.29, 1.82) is 5.26 Å². The zero-order valence-corrected chi connectivity index (χ0v) is 15.0. The van der Waals surface area contributed by atoms with Crippen LogP contribution in [0.15, 0.2) is 24.3 Å². The molecule has 4 heteroatoms. The summed E-state index contributed by atoms with van der Waals surface area (Å²) < 4.78 is 7.01. The van der Waals surface area contributed by atoms with Gasteiger partial charge in [-0.15, -0.1) is 0 Å². The molecule has 0 unspecified atom stereocenters. The average molecular weight is 324 g/mol. The average Bonchev–Trinajstić information content (AvgIpc) is 2.86. The molecule has 0 saturated carbocycles. The predicted octanol–water partition coefficient (Wildman–Crippen LogP) is 4.43. The summed E-state index contributed by atoms with van der Waals surface area (Å²) in [6.07, 6.45) is 0.676. The summed E-state index contributed by atoms with van der Waals surface area (Å²) in [4.78, 5) is 12.5. The molecule has 2 rings (SSSR count). The molecule has 0 bridgehead atoms. The van der Waals surface area contributed by atoms with Crippen molar-refractivity contribution >= 4 is 5.97 Å². The van der Waals surface area contributed by atoms with Crippen LogP contribution in [0.2, 0.25) is 0 Å². The van der Waals surface area contributed by atoms with E-state index in [-0.39, 0.29) is 5.97 Å². The molecule has 24 heavy (non-hydrogen) atoms. The summed E-state index contributed by atoms with van der Waals surface area (Å²) >= 11 is 0. The van der Waals surface area contributed by atoms with E-state index in [2.05, 4.69) is 32.0 Å². The molecule has 1 aromatic heterocycles. The van der Waals surface area contributed by atoms with Crippen molar-refractivity contribution in [3.8, 4) is 17.2 Å². The Labute approximate surface area is 143 Å². The van der Waals surface area contributed by atoms with Crippen LogP contribution in [0, 0.1) is 11.3 Å². The van der Waals surface area contributed by atoms with Gasteiger partial charge >= 0.3 is 5.97 Å². The fraction of sp³-hybridized carbons (Fsp3) is 0.400. The molecule has 0 N–H and O–H groups in total. The molecule has 0 aliphatic rings. The Hall–Kier alpha value is -2.54. The maximum atomic E-state index is 12.5. The Morgan fingerprint density at radius 3 is 2.33 bits per heavy atom. The molecule has 2 aromatic rings. The molecule has 0 fully saturated rings. The minimum atomic E-state index is -0.390. The number of rotatable bonds is 5. The van der Waals surface area contributed by atoms with Gasteiger partial charge < -0.3 is 9.30 Å². The van der Waals surface area contributed by atoms with Gasteiger partial charge in [0.15, 0.2) is 0 Å². The normalized spacial score (nSPS) is 10.7. The molecule has 4 nitrogen and oxygen atoms in total. The lowest BCUT2D eigenvalue weighted by Gasteiger charge is -2.09. The lowest BCUT2D eigenvalue weighted by atomic mass is 9.96. The summed E-state index contributed by atoms with van der Waals surface area (Å²) in [6.45, 7) is 8.34. The predicted molar refractivity (Wildman–Crippen MR) is 95.0 cm³/mol. The molecule has 0 aliphatic carbocycles. The van der Waals surface area contributed by atoms with E-state index in [9.17, 15) is 10.1 Å². The molecule has 0 aliphatic heterocycles. The van der Waals surface area contributed by atoms with Gasteiger partial charge in [0, 0.05) is 18.3 Å². The van der Waals surface area contributed by atoms with Crippen LogP contribution in [0.4, 0.5) is 0 Å². The summed E-state index contributed by atoms with van der Waals surface area (Å²) in [5.41, 5.74) is 4.62. The first-order valence-electron chi connectivity index (χ1n) is 8.35. The van der Waals surface area contributed by atoms with Crippen LogP contribution in [0.1, 0.15) is 60.9 Å². The smallest absolute Gasteiger partial charge is 0.355 e. The number of carbonyl (C=O) groups excluding carboxylic acids is 1. The van der Waals surface area contributed by atoms with Crippen molar-refractivity contribution in [2.75, 3.05) is 6.61 Å². The van der Waals surface area contributed by atoms with Crippen molar-refractivity contribution in [3.63, 3.8) is 0 Å². The van der Waals surface area contributed by atoms with Crippen LogP contribution < -0.4 is 0 Å². The minimum absolute atomic E-state index is 0.305. The molecule has 0 atom stereocenters. The molecule has 126 valence electrons. The van der Waals surface area contributed by atoms with E-state index in [1.54, 1.807) is 11.5 Å². The molecule has 0 saturated heterocycles. The number of ether oxygens (including phenoxy) is 1. The quantitative estimate of drug-likeness (QED) is 0.765. The Bertz CT molecular complexity index is 777. The second kappa shape index (κ2) is 7.35. The molecule has 0 radical (unpaired) electrons. The van der Waals surface area contributed by atoms with E-state index in [1.807, 2.05) is 26.1 Å². The summed E-state index contributed by atoms with van der Waals surface area (Å²) in [7, 11) is 1.82. The zero-order valence-electron chi connectivity index (χ0n) is 15.0. The minimum Gasteiger partial charge on any atom is -0.461 e. The number of carbonyl (C=O) groups is 1. The summed E-state index contributed by atoms with van der Waals surface area (Å²) in [5.74, 6) is 0.0418. The number of nitrogens with zero attached hydrogens (tertiary/aromatic N) is 2. The highest BCUT2D eigenvalue weighted by Gasteiger charge is 2.26. The van der Waals surface area contributed by atoms with Gasteiger partial charge in [-0.3, -0.25) is 0 Å². The molecular weight excluding hydrogens is 300 g/mol. The van der Waals surface area contributed by atoms with Gasteiger partial charge in [-0.1, -0.05) is 45.0 Å². The van der Waals surface area contributed by atoms with Crippen LogP contribution in [0.3, 0.4) is 0 Å². The third-order valence-corrected chi connectivity index (χ3v) is 4.30.